The van der Waals surface area contributed by atoms with Gasteiger partial charge in [0.2, 0.25) is 5.88 Å². The molecule has 1 aromatic rings. The van der Waals surface area contributed by atoms with E-state index in [0.717, 1.165) is 24.0 Å². The highest BCUT2D eigenvalue weighted by Gasteiger charge is 2.25. The molecule has 5 nitrogen and oxygen atoms in total. The lowest BCUT2D eigenvalue weighted by Crippen LogP contribution is -2.26. The Bertz CT molecular complexity index is 418. The lowest BCUT2D eigenvalue weighted by Gasteiger charge is -2.18. The fourth-order valence-electron chi connectivity index (χ4n) is 2.20. The van der Waals surface area contributed by atoms with E-state index in [1.165, 1.54) is 12.8 Å². The van der Waals surface area contributed by atoms with Crippen molar-refractivity contribution in [1.82, 2.24) is 14.9 Å². The predicted octanol–water partition coefficient (Wildman–Crippen LogP) is 2.11. The van der Waals surface area contributed by atoms with Gasteiger partial charge in [0.25, 0.3) is 0 Å². The van der Waals surface area contributed by atoms with Gasteiger partial charge in [-0.15, -0.1) is 0 Å². The second-order valence-corrected chi connectivity index (χ2v) is 5.41. The molecule has 1 fully saturated rings. The zero-order valence-electron chi connectivity index (χ0n) is 12.3. The molecule has 19 heavy (non-hydrogen) atoms. The minimum absolute atomic E-state index is 0.333. The summed E-state index contributed by atoms with van der Waals surface area (Å²) in [6, 6.07) is 0.770. The summed E-state index contributed by atoms with van der Waals surface area (Å²) in [4.78, 5) is 10.9. The lowest BCUT2D eigenvalue weighted by atomic mass is 10.1. The van der Waals surface area contributed by atoms with Gasteiger partial charge in [0.1, 0.15) is 18.8 Å². The van der Waals surface area contributed by atoms with Gasteiger partial charge >= 0.3 is 0 Å². The zero-order valence-corrected chi connectivity index (χ0v) is 12.3. The SMILES string of the molecule is CNc1ncnc(OCCN(C)C2CC2)c1C(C)C. The molecule has 0 radical (unpaired) electrons. The van der Waals surface area contributed by atoms with Gasteiger partial charge in [-0.2, -0.15) is 0 Å². The second kappa shape index (κ2) is 6.19. The molecule has 5 heteroatoms. The van der Waals surface area contributed by atoms with Crippen LogP contribution in [0.25, 0.3) is 0 Å². The normalized spacial score (nSPS) is 15.1. The molecule has 1 aromatic heterocycles. The van der Waals surface area contributed by atoms with Crippen molar-refractivity contribution in [2.45, 2.75) is 38.6 Å². The van der Waals surface area contributed by atoms with E-state index in [1.54, 1.807) is 6.33 Å². The summed E-state index contributed by atoms with van der Waals surface area (Å²) in [6.45, 7) is 5.87. The third-order valence-electron chi connectivity index (χ3n) is 3.51. The molecule has 0 aromatic carbocycles. The zero-order chi connectivity index (χ0) is 13.8. The Labute approximate surface area is 115 Å². The maximum atomic E-state index is 5.86. The number of nitrogens with one attached hydrogen (secondary N) is 1. The van der Waals surface area contributed by atoms with Crippen molar-refractivity contribution in [1.29, 1.82) is 0 Å². The van der Waals surface area contributed by atoms with Crippen LogP contribution < -0.4 is 10.1 Å². The predicted molar refractivity (Wildman–Crippen MR) is 76.8 cm³/mol. The Morgan fingerprint density at radius 3 is 2.74 bits per heavy atom. The van der Waals surface area contributed by atoms with Gasteiger partial charge < -0.3 is 15.0 Å². The first-order chi connectivity index (χ1) is 9.13. The second-order valence-electron chi connectivity index (χ2n) is 5.41. The summed E-state index contributed by atoms with van der Waals surface area (Å²) in [5.74, 6) is 1.90. The average Bonchev–Trinajstić information content (AvgIpc) is 3.22. The highest BCUT2D eigenvalue weighted by atomic mass is 16.5. The molecule has 0 atom stereocenters. The molecule has 0 saturated heterocycles. The number of likely N-dealkylation sites (N-methyl/N-ethyl adjacent to an activating group) is 1. The van der Waals surface area contributed by atoms with E-state index in [1.807, 2.05) is 7.05 Å². The molecule has 2 rings (SSSR count). The quantitative estimate of drug-likeness (QED) is 0.817. The van der Waals surface area contributed by atoms with E-state index in [4.69, 9.17) is 4.74 Å². The molecule has 0 bridgehead atoms. The molecule has 1 saturated carbocycles. The number of ether oxygens (including phenoxy) is 1. The van der Waals surface area contributed by atoms with E-state index in [0.29, 0.717) is 18.4 Å². The minimum atomic E-state index is 0.333. The lowest BCUT2D eigenvalue weighted by molar-refractivity contribution is 0.224. The summed E-state index contributed by atoms with van der Waals surface area (Å²) in [5.41, 5.74) is 1.05. The van der Waals surface area contributed by atoms with Crippen molar-refractivity contribution in [3.63, 3.8) is 0 Å². The van der Waals surface area contributed by atoms with Gasteiger partial charge in [0.15, 0.2) is 0 Å². The van der Waals surface area contributed by atoms with E-state index in [2.05, 4.69) is 41.1 Å². The molecule has 106 valence electrons. The third kappa shape index (κ3) is 3.56. The van der Waals surface area contributed by atoms with Crippen molar-refractivity contribution in [3.8, 4) is 5.88 Å². The number of anilines is 1. The van der Waals surface area contributed by atoms with Gasteiger partial charge in [0, 0.05) is 19.6 Å². The van der Waals surface area contributed by atoms with E-state index in [-0.39, 0.29) is 0 Å². The first-order valence-electron chi connectivity index (χ1n) is 6.99. The van der Waals surface area contributed by atoms with Gasteiger partial charge in [-0.1, -0.05) is 13.8 Å². The number of hydrogen-bond acceptors (Lipinski definition) is 5. The molecule has 0 aliphatic heterocycles. The summed E-state index contributed by atoms with van der Waals surface area (Å²) in [6.07, 6.45) is 4.20. The Hall–Kier alpha value is -1.36. The maximum absolute atomic E-state index is 5.86. The van der Waals surface area contributed by atoms with Gasteiger partial charge in [0.05, 0.1) is 5.56 Å². The van der Waals surface area contributed by atoms with Crippen LogP contribution in [0.1, 0.15) is 38.2 Å². The molecule has 0 unspecified atom stereocenters. The standard InChI is InChI=1S/C14H24N4O/c1-10(2)12-13(15-3)16-9-17-14(12)19-8-7-18(4)11-5-6-11/h9-11H,5-8H2,1-4H3,(H,15,16,17). The van der Waals surface area contributed by atoms with Crippen LogP contribution in [-0.4, -0.2) is 48.2 Å². The molecular formula is C14H24N4O. The smallest absolute Gasteiger partial charge is 0.222 e. The molecule has 1 aliphatic rings. The number of aromatic nitrogens is 2. The Morgan fingerprint density at radius 1 is 1.42 bits per heavy atom. The van der Waals surface area contributed by atoms with Crippen molar-refractivity contribution in [2.75, 3.05) is 32.6 Å². The topological polar surface area (TPSA) is 50.3 Å². The van der Waals surface area contributed by atoms with Crippen molar-refractivity contribution < 1.29 is 4.74 Å². The van der Waals surface area contributed by atoms with E-state index < -0.39 is 0 Å². The van der Waals surface area contributed by atoms with Crippen LogP contribution in [0.15, 0.2) is 6.33 Å². The van der Waals surface area contributed by atoms with Crippen LogP contribution in [0.2, 0.25) is 0 Å². The monoisotopic (exact) mass is 264 g/mol. The van der Waals surface area contributed by atoms with Crippen LogP contribution in [-0.2, 0) is 0 Å². The molecule has 1 N–H and O–H groups in total. The Balaban J connectivity index is 1.98. The summed E-state index contributed by atoms with van der Waals surface area (Å²) >= 11 is 0. The van der Waals surface area contributed by atoms with Crippen LogP contribution in [0.5, 0.6) is 5.88 Å². The Morgan fingerprint density at radius 2 is 2.16 bits per heavy atom. The molecular weight excluding hydrogens is 240 g/mol. The third-order valence-corrected chi connectivity index (χ3v) is 3.51. The van der Waals surface area contributed by atoms with Gasteiger partial charge in [-0.05, 0) is 25.8 Å². The number of rotatable bonds is 7. The van der Waals surface area contributed by atoms with Gasteiger partial charge in [-0.25, -0.2) is 9.97 Å². The first kappa shape index (κ1) is 14.1. The van der Waals surface area contributed by atoms with Crippen LogP contribution >= 0.6 is 0 Å². The number of hydrogen-bond donors (Lipinski definition) is 1. The molecule has 1 heterocycles. The number of nitrogens with zero attached hydrogens (tertiary/aromatic N) is 3. The Kier molecular flexibility index (Phi) is 4.58. The average molecular weight is 264 g/mol. The van der Waals surface area contributed by atoms with Crippen molar-refractivity contribution in [3.05, 3.63) is 11.9 Å². The van der Waals surface area contributed by atoms with E-state index in [9.17, 15) is 0 Å². The summed E-state index contributed by atoms with van der Waals surface area (Å²) in [5, 5.41) is 3.10. The summed E-state index contributed by atoms with van der Waals surface area (Å²) in [7, 11) is 4.03. The van der Waals surface area contributed by atoms with Crippen LogP contribution in [0.3, 0.4) is 0 Å². The highest BCUT2D eigenvalue weighted by molar-refractivity contribution is 5.50. The van der Waals surface area contributed by atoms with Crippen molar-refractivity contribution >= 4 is 5.82 Å². The largest absolute Gasteiger partial charge is 0.476 e. The van der Waals surface area contributed by atoms with Crippen molar-refractivity contribution in [2.24, 2.45) is 0 Å². The maximum Gasteiger partial charge on any atom is 0.222 e. The summed E-state index contributed by atoms with van der Waals surface area (Å²) < 4.78 is 5.86. The minimum Gasteiger partial charge on any atom is -0.476 e. The highest BCUT2D eigenvalue weighted by Crippen LogP contribution is 2.30. The fraction of sp³-hybridized carbons (Fsp3) is 0.714. The molecule has 0 amide bonds. The fourth-order valence-corrected chi connectivity index (χ4v) is 2.20. The molecule has 1 aliphatic carbocycles. The van der Waals surface area contributed by atoms with Crippen LogP contribution in [0, 0.1) is 0 Å². The van der Waals surface area contributed by atoms with E-state index >= 15 is 0 Å². The molecule has 0 spiro atoms. The van der Waals surface area contributed by atoms with Gasteiger partial charge in [-0.3, -0.25) is 0 Å². The van der Waals surface area contributed by atoms with Crippen LogP contribution in [0.4, 0.5) is 5.82 Å². The first-order valence-corrected chi connectivity index (χ1v) is 6.99.